The van der Waals surface area contributed by atoms with Crippen molar-refractivity contribution >= 4 is 76.0 Å². The lowest BCUT2D eigenvalue weighted by Gasteiger charge is -2.10. The summed E-state index contributed by atoms with van der Waals surface area (Å²) in [4.78, 5) is 114. The Labute approximate surface area is 408 Å². The molecule has 0 unspecified atom stereocenters. The topological polar surface area (TPSA) is 291 Å². The van der Waals surface area contributed by atoms with E-state index in [0.717, 1.165) is 13.0 Å². The van der Waals surface area contributed by atoms with Gasteiger partial charge in [-0.25, -0.2) is 9.97 Å². The average Bonchev–Trinajstić information content (AvgIpc) is 4.17. The molecule has 376 valence electrons. The maximum Gasteiger partial charge on any atom is 0.292 e. The Balaban J connectivity index is 0.916. The molecule has 6 rings (SSSR count). The summed E-state index contributed by atoms with van der Waals surface area (Å²) in [6.45, 7) is 1.65. The monoisotopic (exact) mass is 977 g/mol. The largest absolute Gasteiger partial charge is 0.356 e. The second-order valence-electron chi connectivity index (χ2n) is 17.0. The van der Waals surface area contributed by atoms with E-state index >= 15 is 0 Å². The van der Waals surface area contributed by atoms with Gasteiger partial charge in [0.25, 0.3) is 35.4 Å². The lowest BCUT2D eigenvalue weighted by Crippen LogP contribution is -2.32. The smallest absolute Gasteiger partial charge is 0.292 e. The molecule has 0 aromatic carbocycles. The van der Waals surface area contributed by atoms with Crippen LogP contribution in [-0.2, 0) is 51.9 Å². The van der Waals surface area contributed by atoms with Crippen LogP contribution >= 0.6 is 0 Å². The number of imidazole rings is 2. The summed E-state index contributed by atoms with van der Waals surface area (Å²) in [5.74, 6) is -3.36. The minimum atomic E-state index is -0.657. The van der Waals surface area contributed by atoms with Crippen LogP contribution < -0.4 is 42.5 Å². The van der Waals surface area contributed by atoms with E-state index in [4.69, 9.17) is 0 Å². The zero-order valence-corrected chi connectivity index (χ0v) is 40.8. The molecule has 0 saturated carbocycles. The molecule has 0 bridgehead atoms. The maximum absolute atomic E-state index is 13.3. The van der Waals surface area contributed by atoms with Crippen molar-refractivity contribution in [3.63, 3.8) is 0 Å². The van der Waals surface area contributed by atoms with Crippen molar-refractivity contribution < 1.29 is 38.4 Å². The molecule has 0 saturated heterocycles. The number of hydrogen-bond donors (Lipinski definition) is 8. The molecular weight excluding hydrogens is 919 g/mol. The maximum atomic E-state index is 13.3. The lowest BCUT2D eigenvalue weighted by atomic mass is 10.2. The van der Waals surface area contributed by atoms with Crippen molar-refractivity contribution in [1.29, 1.82) is 0 Å². The summed E-state index contributed by atoms with van der Waals surface area (Å²) >= 11 is 0. The highest BCUT2D eigenvalue weighted by Gasteiger charge is 2.22. The van der Waals surface area contributed by atoms with Gasteiger partial charge in [-0.15, -0.1) is 0 Å². The lowest BCUT2D eigenvalue weighted by molar-refractivity contribution is -0.121. The van der Waals surface area contributed by atoms with Crippen molar-refractivity contribution in [3.05, 3.63) is 102 Å². The molecule has 0 radical (unpaired) electrons. The van der Waals surface area contributed by atoms with Gasteiger partial charge in [-0.2, -0.15) is 0 Å². The SMILES string of the molecule is CN(C)CCCNC(=O)CCNC(=O)c1nc(NC(=O)c2nc(NC(=O)c3cc(NC(=O)CCCNC(=O)c4cc(NC(=O)c5cc(NC(=O)c6cccn6C)cn5C)cn4C)cn3C)cn2C)cn1C. The predicted molar refractivity (Wildman–Crippen MR) is 263 cm³/mol. The first-order chi connectivity index (χ1) is 33.8. The Hall–Kier alpha value is -8.74. The fraction of sp³-hybridized carbons (Fsp3) is 0.348. The summed E-state index contributed by atoms with van der Waals surface area (Å²) < 4.78 is 9.18. The van der Waals surface area contributed by atoms with Crippen molar-refractivity contribution in [2.75, 3.05) is 66.9 Å². The average molecular weight is 978 g/mol. The number of nitrogens with one attached hydrogen (secondary N) is 8. The molecule has 0 fully saturated rings. The van der Waals surface area contributed by atoms with E-state index in [1.54, 1.807) is 99.0 Å². The van der Waals surface area contributed by atoms with E-state index in [2.05, 4.69) is 52.5 Å². The molecular formula is C46H59N17O8. The summed E-state index contributed by atoms with van der Waals surface area (Å²) in [6, 6.07) is 8.00. The highest BCUT2D eigenvalue weighted by molar-refractivity contribution is 6.08. The highest BCUT2D eigenvalue weighted by atomic mass is 16.2. The van der Waals surface area contributed by atoms with Crippen LogP contribution in [0.3, 0.4) is 0 Å². The molecule has 71 heavy (non-hydrogen) atoms. The van der Waals surface area contributed by atoms with Crippen LogP contribution in [0.15, 0.2) is 67.5 Å². The van der Waals surface area contributed by atoms with Crippen molar-refractivity contribution in [2.24, 2.45) is 42.3 Å². The first kappa shape index (κ1) is 51.6. The molecule has 8 N–H and O–H groups in total. The summed E-state index contributed by atoms with van der Waals surface area (Å²) in [6.07, 6.45) is 10.7. The minimum absolute atomic E-state index is 0.0137. The first-order valence-electron chi connectivity index (χ1n) is 22.5. The van der Waals surface area contributed by atoms with Gasteiger partial charge in [-0.1, -0.05) is 0 Å². The molecule has 25 heteroatoms. The van der Waals surface area contributed by atoms with Crippen LogP contribution in [0.5, 0.6) is 0 Å². The number of carbonyl (C=O) groups is 8. The Kier molecular flexibility index (Phi) is 16.8. The number of aryl methyl sites for hydroxylation is 6. The quantitative estimate of drug-likeness (QED) is 0.0455. The molecule has 0 aliphatic rings. The van der Waals surface area contributed by atoms with E-state index in [-0.39, 0.29) is 84.0 Å². The van der Waals surface area contributed by atoms with Crippen molar-refractivity contribution in [2.45, 2.75) is 25.7 Å². The summed E-state index contributed by atoms with van der Waals surface area (Å²) in [5, 5.41) is 21.8. The van der Waals surface area contributed by atoms with E-state index in [9.17, 15) is 38.4 Å². The fourth-order valence-corrected chi connectivity index (χ4v) is 7.34. The number of rotatable bonds is 22. The van der Waals surface area contributed by atoms with Gasteiger partial charge in [0, 0.05) is 112 Å². The van der Waals surface area contributed by atoms with Crippen LogP contribution in [0.25, 0.3) is 0 Å². The third kappa shape index (κ3) is 13.7. The summed E-state index contributed by atoms with van der Waals surface area (Å²) in [5.41, 5.74) is 2.38. The van der Waals surface area contributed by atoms with Gasteiger partial charge in [0.15, 0.2) is 11.6 Å². The van der Waals surface area contributed by atoms with Crippen LogP contribution in [0.1, 0.15) is 88.9 Å². The van der Waals surface area contributed by atoms with Gasteiger partial charge in [0.2, 0.25) is 23.5 Å². The van der Waals surface area contributed by atoms with Gasteiger partial charge >= 0.3 is 0 Å². The number of anilines is 5. The van der Waals surface area contributed by atoms with Gasteiger partial charge in [-0.3, -0.25) is 38.4 Å². The molecule has 6 aromatic heterocycles. The molecule has 25 nitrogen and oxygen atoms in total. The standard InChI is InChI=1S/C46H59N17O8/c1-57(2)18-11-16-47-37(64)14-17-49-45(70)39-53-36(27-62(39)7)56-46(71)40-54-35(26-63(40)8)55-44(69)34-20-28(23-60(34)5)50-38(65)13-9-15-48-41(66)32-21-29(24-59(32)4)52-43(68)33-22-30(25-61(33)6)51-42(67)31-12-10-19-58(31)3/h10,12,19-27H,9,11,13-18H2,1-8H3,(H,47,64)(H,48,66)(H,49,70)(H,50,65)(H,51,67)(H,52,68)(H,55,69)(H,56,71). The van der Waals surface area contributed by atoms with Gasteiger partial charge in [0.05, 0.1) is 17.1 Å². The van der Waals surface area contributed by atoms with Crippen LogP contribution in [0, 0.1) is 0 Å². The van der Waals surface area contributed by atoms with Crippen molar-refractivity contribution in [3.8, 4) is 0 Å². The van der Waals surface area contributed by atoms with E-state index in [1.807, 2.05) is 19.0 Å². The van der Waals surface area contributed by atoms with E-state index in [0.29, 0.717) is 35.7 Å². The fourth-order valence-electron chi connectivity index (χ4n) is 7.34. The number of nitrogens with zero attached hydrogens (tertiary/aromatic N) is 9. The molecule has 0 atom stereocenters. The predicted octanol–water partition coefficient (Wildman–Crippen LogP) is 1.85. The Morgan fingerprint density at radius 3 is 1.49 bits per heavy atom. The van der Waals surface area contributed by atoms with E-state index < -0.39 is 29.5 Å². The zero-order valence-electron chi connectivity index (χ0n) is 40.8. The van der Waals surface area contributed by atoms with Crippen LogP contribution in [-0.4, -0.2) is 130 Å². The minimum Gasteiger partial charge on any atom is -0.356 e. The Morgan fingerprint density at radius 1 is 0.465 bits per heavy atom. The molecule has 6 aromatic rings. The number of carbonyl (C=O) groups excluding carboxylic acids is 8. The molecule has 0 aliphatic carbocycles. The first-order valence-corrected chi connectivity index (χ1v) is 22.5. The van der Waals surface area contributed by atoms with Crippen molar-refractivity contribution in [1.82, 2.24) is 58.2 Å². The third-order valence-corrected chi connectivity index (χ3v) is 10.9. The Bertz CT molecular complexity index is 2960. The third-order valence-electron chi connectivity index (χ3n) is 10.9. The van der Waals surface area contributed by atoms with Crippen LogP contribution in [0.4, 0.5) is 28.7 Å². The number of amides is 8. The molecule has 8 amide bonds. The molecule has 0 aliphatic heterocycles. The molecule has 0 spiro atoms. The summed E-state index contributed by atoms with van der Waals surface area (Å²) in [7, 11) is 13.8. The highest BCUT2D eigenvalue weighted by Crippen LogP contribution is 2.20. The molecule has 6 heterocycles. The van der Waals surface area contributed by atoms with Gasteiger partial charge in [0.1, 0.15) is 22.8 Å². The van der Waals surface area contributed by atoms with E-state index in [1.165, 1.54) is 38.2 Å². The van der Waals surface area contributed by atoms with Gasteiger partial charge < -0.3 is 74.8 Å². The second kappa shape index (κ2) is 23.0. The number of hydrogen-bond acceptors (Lipinski definition) is 11. The number of aromatic nitrogens is 8. The normalized spacial score (nSPS) is 11.0. The second-order valence-corrected chi connectivity index (χ2v) is 17.0. The van der Waals surface area contributed by atoms with Gasteiger partial charge in [-0.05, 0) is 63.8 Å². The zero-order chi connectivity index (χ0) is 51.5. The van der Waals surface area contributed by atoms with Crippen LogP contribution in [0.2, 0.25) is 0 Å². The Morgan fingerprint density at radius 2 is 0.944 bits per heavy atom.